The van der Waals surface area contributed by atoms with E-state index in [0.717, 1.165) is 0 Å². The molecular formula is C4H11NO5S. The zero-order valence-corrected chi connectivity index (χ0v) is 6.58. The molecule has 0 bridgehead atoms. The van der Waals surface area contributed by atoms with Gasteiger partial charge in [0, 0.05) is 6.54 Å². The molecule has 0 rings (SSSR count). The smallest absolute Gasteiger partial charge is 0.278 e. The minimum absolute atomic E-state index is 0.0731. The summed E-state index contributed by atoms with van der Waals surface area (Å²) in [5, 5.41) is 19.2. The summed E-state index contributed by atoms with van der Waals surface area (Å²) in [6.45, 7) is -0.519. The Hall–Kier alpha value is -0.210. The van der Waals surface area contributed by atoms with E-state index in [1.807, 2.05) is 0 Å². The molecule has 0 aromatic carbocycles. The van der Waals surface area contributed by atoms with Gasteiger partial charge in [0.25, 0.3) is 10.1 Å². The minimum Gasteiger partial charge on any atom is -0.394 e. The van der Waals surface area contributed by atoms with E-state index in [2.05, 4.69) is 5.32 Å². The SMILES string of the molecule is O=S(=O)(O)CNCC(O)CO. The second-order valence-corrected chi connectivity index (χ2v) is 3.47. The summed E-state index contributed by atoms with van der Waals surface area (Å²) >= 11 is 0. The molecule has 0 fully saturated rings. The molecule has 0 aromatic heterocycles. The molecular weight excluding hydrogens is 174 g/mol. The highest BCUT2D eigenvalue weighted by molar-refractivity contribution is 7.85. The summed E-state index contributed by atoms with van der Waals surface area (Å²) < 4.78 is 28.3. The van der Waals surface area contributed by atoms with Gasteiger partial charge in [-0.2, -0.15) is 8.42 Å². The van der Waals surface area contributed by atoms with Crippen LogP contribution in [0.4, 0.5) is 0 Å². The van der Waals surface area contributed by atoms with Crippen LogP contribution in [0.2, 0.25) is 0 Å². The van der Waals surface area contributed by atoms with E-state index in [0.29, 0.717) is 0 Å². The molecule has 6 nitrogen and oxygen atoms in total. The topological polar surface area (TPSA) is 107 Å². The van der Waals surface area contributed by atoms with Gasteiger partial charge in [-0.1, -0.05) is 0 Å². The van der Waals surface area contributed by atoms with Crippen LogP contribution in [0.1, 0.15) is 0 Å². The van der Waals surface area contributed by atoms with Crippen molar-refractivity contribution in [3.05, 3.63) is 0 Å². The van der Waals surface area contributed by atoms with E-state index >= 15 is 0 Å². The zero-order chi connectivity index (χ0) is 8.91. The van der Waals surface area contributed by atoms with Crippen LogP contribution < -0.4 is 5.32 Å². The molecule has 0 aliphatic rings. The molecule has 0 aromatic rings. The number of nitrogens with one attached hydrogen (secondary N) is 1. The standard InChI is InChI=1S/C4H11NO5S/c6-2-4(7)1-5-3-11(8,9)10/h4-7H,1-3H2,(H,8,9,10). The van der Waals surface area contributed by atoms with Crippen molar-refractivity contribution in [2.75, 3.05) is 19.0 Å². The van der Waals surface area contributed by atoms with E-state index in [-0.39, 0.29) is 6.54 Å². The Morgan fingerprint density at radius 1 is 1.45 bits per heavy atom. The Morgan fingerprint density at radius 3 is 2.36 bits per heavy atom. The number of aliphatic hydroxyl groups is 2. The molecule has 11 heavy (non-hydrogen) atoms. The van der Waals surface area contributed by atoms with Crippen LogP contribution in [0.15, 0.2) is 0 Å². The summed E-state index contributed by atoms with van der Waals surface area (Å²) in [6.07, 6.45) is -1.00. The highest BCUT2D eigenvalue weighted by Gasteiger charge is 2.05. The van der Waals surface area contributed by atoms with Crippen LogP contribution in [0, 0.1) is 0 Å². The predicted molar refractivity (Wildman–Crippen MR) is 37.5 cm³/mol. The first kappa shape index (κ1) is 10.8. The highest BCUT2D eigenvalue weighted by Crippen LogP contribution is 1.79. The summed E-state index contributed by atoms with van der Waals surface area (Å²) in [6, 6.07) is 0. The van der Waals surface area contributed by atoms with Gasteiger partial charge in [-0.05, 0) is 0 Å². The maximum Gasteiger partial charge on any atom is 0.278 e. The highest BCUT2D eigenvalue weighted by atomic mass is 32.2. The van der Waals surface area contributed by atoms with Gasteiger partial charge in [-0.3, -0.25) is 9.87 Å². The van der Waals surface area contributed by atoms with E-state index in [4.69, 9.17) is 14.8 Å². The molecule has 0 heterocycles. The lowest BCUT2D eigenvalue weighted by molar-refractivity contribution is 0.0956. The van der Waals surface area contributed by atoms with Gasteiger partial charge in [0.05, 0.1) is 12.7 Å². The lowest BCUT2D eigenvalue weighted by Crippen LogP contribution is -2.32. The van der Waals surface area contributed by atoms with Gasteiger partial charge in [0.2, 0.25) is 0 Å². The summed E-state index contributed by atoms with van der Waals surface area (Å²) in [5.74, 6) is -0.621. The Labute approximate surface area is 64.6 Å². The average molecular weight is 185 g/mol. The molecule has 0 aliphatic carbocycles. The van der Waals surface area contributed by atoms with Crippen molar-refractivity contribution in [1.82, 2.24) is 5.32 Å². The van der Waals surface area contributed by atoms with Gasteiger partial charge in [-0.15, -0.1) is 0 Å². The molecule has 0 saturated carbocycles. The van der Waals surface area contributed by atoms with Crippen LogP contribution in [0.3, 0.4) is 0 Å². The third-order valence-corrected chi connectivity index (χ3v) is 1.44. The third-order valence-electron chi connectivity index (χ3n) is 0.875. The van der Waals surface area contributed by atoms with Crippen LogP contribution in [0.5, 0.6) is 0 Å². The molecule has 0 radical (unpaired) electrons. The number of hydrogen-bond donors (Lipinski definition) is 4. The number of hydrogen-bond acceptors (Lipinski definition) is 5. The first-order chi connectivity index (χ1) is 4.95. The largest absolute Gasteiger partial charge is 0.394 e. The number of rotatable bonds is 5. The van der Waals surface area contributed by atoms with Crippen LogP contribution in [0.25, 0.3) is 0 Å². The minimum atomic E-state index is -4.03. The van der Waals surface area contributed by atoms with Crippen molar-refractivity contribution in [3.63, 3.8) is 0 Å². The van der Waals surface area contributed by atoms with Crippen LogP contribution in [-0.4, -0.2) is 48.3 Å². The first-order valence-corrected chi connectivity index (χ1v) is 4.51. The maximum atomic E-state index is 10.0. The summed E-state index contributed by atoms with van der Waals surface area (Å²) in [5.41, 5.74) is 0. The van der Waals surface area contributed by atoms with Gasteiger partial charge < -0.3 is 10.2 Å². The zero-order valence-electron chi connectivity index (χ0n) is 5.77. The van der Waals surface area contributed by atoms with Gasteiger partial charge >= 0.3 is 0 Å². The quantitative estimate of drug-likeness (QED) is 0.361. The van der Waals surface area contributed by atoms with Crippen molar-refractivity contribution in [3.8, 4) is 0 Å². The second-order valence-electron chi connectivity index (χ2n) is 2.02. The molecule has 0 saturated heterocycles. The van der Waals surface area contributed by atoms with Gasteiger partial charge in [0.15, 0.2) is 0 Å². The lowest BCUT2D eigenvalue weighted by atomic mass is 10.4. The second kappa shape index (κ2) is 4.62. The molecule has 4 N–H and O–H groups in total. The average Bonchev–Trinajstić information content (AvgIpc) is 1.85. The van der Waals surface area contributed by atoms with Crippen molar-refractivity contribution >= 4 is 10.1 Å². The molecule has 0 aliphatic heterocycles. The normalized spacial score (nSPS) is 14.8. The van der Waals surface area contributed by atoms with E-state index in [9.17, 15) is 8.42 Å². The Morgan fingerprint density at radius 2 is 2.00 bits per heavy atom. The van der Waals surface area contributed by atoms with Gasteiger partial charge in [0.1, 0.15) is 5.88 Å². The van der Waals surface area contributed by atoms with E-state index < -0.39 is 28.7 Å². The third kappa shape index (κ3) is 7.69. The molecule has 7 heteroatoms. The monoisotopic (exact) mass is 185 g/mol. The summed E-state index contributed by atoms with van der Waals surface area (Å²) in [4.78, 5) is 0. The molecule has 0 amide bonds. The molecule has 68 valence electrons. The fourth-order valence-electron chi connectivity index (χ4n) is 0.419. The van der Waals surface area contributed by atoms with E-state index in [1.165, 1.54) is 0 Å². The molecule has 0 spiro atoms. The Balaban J connectivity index is 3.43. The summed E-state index contributed by atoms with van der Waals surface area (Å²) in [7, 11) is -4.03. The first-order valence-electron chi connectivity index (χ1n) is 2.90. The van der Waals surface area contributed by atoms with Crippen molar-refractivity contribution in [2.24, 2.45) is 0 Å². The van der Waals surface area contributed by atoms with Crippen molar-refractivity contribution in [1.29, 1.82) is 0 Å². The predicted octanol–water partition coefficient (Wildman–Crippen LogP) is -2.23. The fraction of sp³-hybridized carbons (Fsp3) is 1.00. The number of aliphatic hydroxyl groups excluding tert-OH is 2. The Bertz CT molecular complexity index is 189. The van der Waals surface area contributed by atoms with Crippen LogP contribution >= 0.6 is 0 Å². The van der Waals surface area contributed by atoms with Crippen molar-refractivity contribution in [2.45, 2.75) is 6.10 Å². The fourth-order valence-corrected chi connectivity index (χ4v) is 0.795. The molecule has 1 atom stereocenters. The van der Waals surface area contributed by atoms with E-state index in [1.54, 1.807) is 0 Å². The Kier molecular flexibility index (Phi) is 4.54. The van der Waals surface area contributed by atoms with Crippen LogP contribution in [-0.2, 0) is 10.1 Å². The lowest BCUT2D eigenvalue weighted by Gasteiger charge is -2.06. The molecule has 1 unspecified atom stereocenters. The van der Waals surface area contributed by atoms with Gasteiger partial charge in [-0.25, -0.2) is 0 Å². The maximum absolute atomic E-state index is 10.0. The van der Waals surface area contributed by atoms with Crippen molar-refractivity contribution < 1.29 is 23.2 Å².